The molecule has 1 fully saturated rings. The number of benzene rings is 2. The number of methoxy groups -OCH3 is 1. The molecule has 1 aliphatic heterocycles. The van der Waals surface area contributed by atoms with E-state index in [0.717, 1.165) is 35.6 Å². The summed E-state index contributed by atoms with van der Waals surface area (Å²) >= 11 is 1.05. The predicted molar refractivity (Wildman–Crippen MR) is 113 cm³/mol. The van der Waals surface area contributed by atoms with E-state index in [1.165, 1.54) is 18.1 Å². The molecule has 31 heavy (non-hydrogen) atoms. The second-order valence-electron chi connectivity index (χ2n) is 7.27. The van der Waals surface area contributed by atoms with E-state index in [9.17, 15) is 13.6 Å². The number of thiazole rings is 1. The Morgan fingerprint density at radius 3 is 2.97 bits per heavy atom. The molecule has 1 saturated heterocycles. The van der Waals surface area contributed by atoms with E-state index in [-0.39, 0.29) is 29.1 Å². The van der Waals surface area contributed by atoms with Crippen molar-refractivity contribution in [2.45, 2.75) is 18.9 Å². The molecule has 0 saturated carbocycles. The van der Waals surface area contributed by atoms with Gasteiger partial charge < -0.3 is 13.9 Å². The van der Waals surface area contributed by atoms with E-state index in [1.807, 2.05) is 6.07 Å². The maximum absolute atomic E-state index is 14.2. The molecular weight excluding hydrogens is 426 g/mol. The molecule has 1 amide bonds. The number of carbonyl (C=O) groups is 1. The van der Waals surface area contributed by atoms with Gasteiger partial charge in [0.2, 0.25) is 0 Å². The molecule has 0 N–H and O–H groups in total. The number of aromatic nitrogens is 1. The van der Waals surface area contributed by atoms with Crippen molar-refractivity contribution in [1.29, 1.82) is 0 Å². The topological polar surface area (TPSA) is 64.8 Å². The normalized spacial score (nSPS) is 16.3. The van der Waals surface area contributed by atoms with Gasteiger partial charge in [0.05, 0.1) is 24.5 Å². The highest BCUT2D eigenvalue weighted by Gasteiger charge is 2.29. The third-order valence-corrected chi connectivity index (χ3v) is 6.25. The second kappa shape index (κ2) is 7.90. The van der Waals surface area contributed by atoms with Crippen LogP contribution in [-0.2, 0) is 4.74 Å². The fourth-order valence-corrected chi connectivity index (χ4v) is 4.75. The Kier molecular flexibility index (Phi) is 5.07. The van der Waals surface area contributed by atoms with E-state index in [2.05, 4.69) is 4.98 Å². The second-order valence-corrected chi connectivity index (χ2v) is 8.28. The molecule has 0 spiro atoms. The summed E-state index contributed by atoms with van der Waals surface area (Å²) in [6.07, 6.45) is 1.52. The van der Waals surface area contributed by atoms with Crippen LogP contribution in [0.5, 0.6) is 5.75 Å². The van der Waals surface area contributed by atoms with Crippen molar-refractivity contribution in [3.05, 3.63) is 53.8 Å². The van der Waals surface area contributed by atoms with E-state index >= 15 is 0 Å². The van der Waals surface area contributed by atoms with Crippen LogP contribution in [0.2, 0.25) is 0 Å². The van der Waals surface area contributed by atoms with Crippen LogP contribution in [0.25, 0.3) is 21.2 Å². The first-order valence-corrected chi connectivity index (χ1v) is 10.6. The van der Waals surface area contributed by atoms with Gasteiger partial charge >= 0.3 is 0 Å². The molecule has 0 aliphatic carbocycles. The molecule has 2 aromatic carbocycles. The molecule has 160 valence electrons. The number of fused-ring (bicyclic) bond motifs is 2. The zero-order valence-electron chi connectivity index (χ0n) is 16.6. The number of halogens is 2. The van der Waals surface area contributed by atoms with Gasteiger partial charge in [-0.2, -0.15) is 0 Å². The average Bonchev–Trinajstić information content (AvgIpc) is 3.49. The first kappa shape index (κ1) is 19.9. The molecule has 1 unspecified atom stereocenters. The van der Waals surface area contributed by atoms with Gasteiger partial charge in [-0.3, -0.25) is 9.69 Å². The minimum absolute atomic E-state index is 0.0258. The number of para-hydroxylation sites is 1. The van der Waals surface area contributed by atoms with Crippen molar-refractivity contribution >= 4 is 43.6 Å². The SMILES string of the molecule is COc1cccc2cc(C(=O)N(CC3CCCO3)c3nc4c(F)cc(F)cc4s3)oc12. The lowest BCUT2D eigenvalue weighted by atomic mass is 10.2. The van der Waals surface area contributed by atoms with Crippen molar-refractivity contribution < 1.29 is 27.5 Å². The highest BCUT2D eigenvalue weighted by molar-refractivity contribution is 7.22. The van der Waals surface area contributed by atoms with Crippen molar-refractivity contribution in [2.75, 3.05) is 25.2 Å². The molecule has 5 rings (SSSR count). The molecule has 0 bridgehead atoms. The Morgan fingerprint density at radius 1 is 1.32 bits per heavy atom. The number of nitrogens with zero attached hydrogens (tertiary/aromatic N) is 2. The summed E-state index contributed by atoms with van der Waals surface area (Å²) in [5, 5.41) is 0.976. The standard InChI is InChI=1S/C22H18F2N2O4S/c1-28-16-6-2-4-12-8-17(30-20(12)16)21(27)26(11-14-5-3-7-29-14)22-25-19-15(24)9-13(23)10-18(19)31-22/h2,4,6,8-10,14H,3,5,7,11H2,1H3. The fraction of sp³-hybridized carbons (Fsp3) is 0.273. The van der Waals surface area contributed by atoms with E-state index in [4.69, 9.17) is 13.9 Å². The Balaban J connectivity index is 1.57. The Hall–Kier alpha value is -3.04. The molecule has 9 heteroatoms. The zero-order chi connectivity index (χ0) is 21.5. The van der Waals surface area contributed by atoms with Crippen LogP contribution in [-0.4, -0.2) is 37.3 Å². The van der Waals surface area contributed by atoms with Crippen LogP contribution in [0.1, 0.15) is 23.4 Å². The minimum Gasteiger partial charge on any atom is -0.493 e. The largest absolute Gasteiger partial charge is 0.493 e. The van der Waals surface area contributed by atoms with Crippen molar-refractivity contribution in [3.8, 4) is 5.75 Å². The lowest BCUT2D eigenvalue weighted by molar-refractivity contribution is 0.0896. The molecule has 6 nitrogen and oxygen atoms in total. The number of ether oxygens (including phenoxy) is 2. The summed E-state index contributed by atoms with van der Waals surface area (Å²) in [5.74, 6) is -1.28. The van der Waals surface area contributed by atoms with Crippen LogP contribution in [0.4, 0.5) is 13.9 Å². The van der Waals surface area contributed by atoms with Gasteiger partial charge in [0.1, 0.15) is 11.3 Å². The summed E-state index contributed by atoms with van der Waals surface area (Å²) in [6.45, 7) is 0.852. The van der Waals surface area contributed by atoms with Gasteiger partial charge in [-0.05, 0) is 31.0 Å². The van der Waals surface area contributed by atoms with Crippen molar-refractivity contribution in [1.82, 2.24) is 4.98 Å². The zero-order valence-corrected chi connectivity index (χ0v) is 17.4. The Morgan fingerprint density at radius 2 is 2.19 bits per heavy atom. The fourth-order valence-electron chi connectivity index (χ4n) is 3.74. The maximum atomic E-state index is 14.2. The van der Waals surface area contributed by atoms with Crippen LogP contribution in [0.15, 0.2) is 40.8 Å². The van der Waals surface area contributed by atoms with Gasteiger partial charge in [-0.15, -0.1) is 0 Å². The lowest BCUT2D eigenvalue weighted by Gasteiger charge is -2.22. The van der Waals surface area contributed by atoms with Crippen LogP contribution in [0, 0.1) is 11.6 Å². The van der Waals surface area contributed by atoms with Gasteiger partial charge in [-0.1, -0.05) is 23.5 Å². The smallest absolute Gasteiger partial charge is 0.295 e. The highest BCUT2D eigenvalue weighted by Crippen LogP contribution is 2.34. The number of hydrogen-bond donors (Lipinski definition) is 0. The van der Waals surface area contributed by atoms with Gasteiger partial charge in [-0.25, -0.2) is 13.8 Å². The van der Waals surface area contributed by atoms with Crippen LogP contribution >= 0.6 is 11.3 Å². The summed E-state index contributed by atoms with van der Waals surface area (Å²) in [7, 11) is 1.53. The lowest BCUT2D eigenvalue weighted by Crippen LogP contribution is -2.37. The average molecular weight is 444 g/mol. The number of rotatable bonds is 5. The predicted octanol–water partition coefficient (Wildman–Crippen LogP) is 5.16. The highest BCUT2D eigenvalue weighted by atomic mass is 32.1. The van der Waals surface area contributed by atoms with E-state index in [1.54, 1.807) is 18.2 Å². The van der Waals surface area contributed by atoms with Crippen molar-refractivity contribution in [2.24, 2.45) is 0 Å². The van der Waals surface area contributed by atoms with Gasteiger partial charge in [0.15, 0.2) is 28.0 Å². The first-order chi connectivity index (χ1) is 15.0. The third kappa shape index (κ3) is 3.64. The Labute approximate surface area is 180 Å². The molecule has 4 aromatic rings. The van der Waals surface area contributed by atoms with Gasteiger partial charge in [0, 0.05) is 18.1 Å². The number of furan rings is 1. The quantitative estimate of drug-likeness (QED) is 0.426. The van der Waals surface area contributed by atoms with Crippen LogP contribution < -0.4 is 9.64 Å². The number of carbonyl (C=O) groups excluding carboxylic acids is 1. The van der Waals surface area contributed by atoms with E-state index in [0.29, 0.717) is 22.6 Å². The molecule has 1 aliphatic rings. The summed E-state index contributed by atoms with van der Waals surface area (Å²) in [4.78, 5) is 19.2. The monoisotopic (exact) mass is 444 g/mol. The van der Waals surface area contributed by atoms with Crippen molar-refractivity contribution in [3.63, 3.8) is 0 Å². The summed E-state index contributed by atoms with van der Waals surface area (Å²) < 4.78 is 45.0. The summed E-state index contributed by atoms with van der Waals surface area (Å²) in [6, 6.07) is 8.99. The molecule has 2 aromatic heterocycles. The number of hydrogen-bond acceptors (Lipinski definition) is 6. The first-order valence-electron chi connectivity index (χ1n) is 9.79. The number of anilines is 1. The van der Waals surface area contributed by atoms with Crippen LogP contribution in [0.3, 0.4) is 0 Å². The Bertz CT molecular complexity index is 1280. The maximum Gasteiger partial charge on any atom is 0.295 e. The third-order valence-electron chi connectivity index (χ3n) is 5.23. The number of amides is 1. The summed E-state index contributed by atoms with van der Waals surface area (Å²) in [5.41, 5.74) is 0.487. The molecule has 1 atom stereocenters. The van der Waals surface area contributed by atoms with Gasteiger partial charge in [0.25, 0.3) is 5.91 Å². The van der Waals surface area contributed by atoms with E-state index < -0.39 is 17.5 Å². The molecular formula is C22H18F2N2O4S. The minimum atomic E-state index is -0.768. The molecule has 0 radical (unpaired) electrons. The molecule has 3 heterocycles.